The number of hydrogen-bond donors (Lipinski definition) is 1. The zero-order valence-electron chi connectivity index (χ0n) is 12.3. The molecule has 0 aromatic rings. The van der Waals surface area contributed by atoms with Gasteiger partial charge >= 0.3 is 0 Å². The Labute approximate surface area is 113 Å². The number of ether oxygens (including phenoxy) is 1. The van der Waals surface area contributed by atoms with Crippen molar-refractivity contribution in [1.29, 1.82) is 0 Å². The van der Waals surface area contributed by atoms with Crippen molar-refractivity contribution in [1.82, 2.24) is 5.32 Å². The molecule has 0 aromatic carbocycles. The highest BCUT2D eigenvalue weighted by atomic mass is 16.5. The monoisotopic (exact) mass is 253 g/mol. The Hall–Kier alpha value is -0.0800. The molecule has 0 radical (unpaired) electrons. The van der Waals surface area contributed by atoms with Crippen LogP contribution in [-0.4, -0.2) is 24.8 Å². The van der Waals surface area contributed by atoms with E-state index in [9.17, 15) is 0 Å². The molecule has 2 nitrogen and oxygen atoms in total. The lowest BCUT2D eigenvalue weighted by atomic mass is 9.77. The summed E-state index contributed by atoms with van der Waals surface area (Å²) in [6.07, 6.45) is 12.4. The smallest absolute Gasteiger partial charge is 0.0810 e. The van der Waals surface area contributed by atoms with Crippen molar-refractivity contribution in [2.75, 3.05) is 13.1 Å². The van der Waals surface area contributed by atoms with Crippen molar-refractivity contribution in [3.8, 4) is 0 Å². The van der Waals surface area contributed by atoms with Crippen molar-refractivity contribution < 1.29 is 4.74 Å². The second kappa shape index (κ2) is 6.91. The first-order chi connectivity index (χ1) is 8.78. The predicted molar refractivity (Wildman–Crippen MR) is 76.9 cm³/mol. The summed E-state index contributed by atoms with van der Waals surface area (Å²) in [5, 5.41) is 3.61. The fourth-order valence-electron chi connectivity index (χ4n) is 3.28. The zero-order chi connectivity index (χ0) is 12.8. The van der Waals surface area contributed by atoms with Crippen LogP contribution in [0.3, 0.4) is 0 Å². The maximum absolute atomic E-state index is 6.49. The molecule has 0 aliphatic heterocycles. The van der Waals surface area contributed by atoms with Crippen LogP contribution in [0, 0.1) is 5.92 Å². The summed E-state index contributed by atoms with van der Waals surface area (Å²) >= 11 is 0. The van der Waals surface area contributed by atoms with E-state index in [1.807, 2.05) is 0 Å². The van der Waals surface area contributed by atoms with Crippen LogP contribution in [0.25, 0.3) is 0 Å². The van der Waals surface area contributed by atoms with Gasteiger partial charge in [-0.2, -0.15) is 0 Å². The molecule has 2 aliphatic rings. The minimum Gasteiger partial charge on any atom is -0.370 e. The third kappa shape index (κ3) is 3.71. The average Bonchev–Trinajstić information content (AvgIpc) is 2.36. The lowest BCUT2D eigenvalue weighted by Crippen LogP contribution is -2.49. The highest BCUT2D eigenvalue weighted by Gasteiger charge is 2.38. The molecule has 2 saturated carbocycles. The molecule has 0 saturated heterocycles. The lowest BCUT2D eigenvalue weighted by molar-refractivity contribution is -0.141. The Morgan fingerprint density at radius 3 is 2.33 bits per heavy atom. The van der Waals surface area contributed by atoms with Crippen LogP contribution in [0.5, 0.6) is 0 Å². The van der Waals surface area contributed by atoms with E-state index in [1.54, 1.807) is 0 Å². The van der Waals surface area contributed by atoms with Gasteiger partial charge in [-0.1, -0.05) is 20.3 Å². The second-order valence-electron chi connectivity index (χ2n) is 6.38. The SMILES string of the molecule is CCCNCC1(OC2CCC2)CCC(CC)CC1. The van der Waals surface area contributed by atoms with Gasteiger partial charge in [0.05, 0.1) is 11.7 Å². The first-order valence-electron chi connectivity index (χ1n) is 8.16. The van der Waals surface area contributed by atoms with Crippen molar-refractivity contribution in [2.24, 2.45) is 5.92 Å². The van der Waals surface area contributed by atoms with Crippen LogP contribution in [0.1, 0.15) is 71.6 Å². The highest BCUT2D eigenvalue weighted by molar-refractivity contribution is 4.91. The standard InChI is InChI=1S/C16H31NO/c1-3-12-17-13-16(18-15-6-5-7-15)10-8-14(4-2)9-11-16/h14-15,17H,3-13H2,1-2H3. The summed E-state index contributed by atoms with van der Waals surface area (Å²) in [7, 11) is 0. The van der Waals surface area contributed by atoms with Crippen LogP contribution in [0.2, 0.25) is 0 Å². The summed E-state index contributed by atoms with van der Waals surface area (Å²) < 4.78 is 6.49. The fraction of sp³-hybridized carbons (Fsp3) is 1.00. The number of hydrogen-bond acceptors (Lipinski definition) is 2. The summed E-state index contributed by atoms with van der Waals surface area (Å²) in [4.78, 5) is 0. The molecular formula is C16H31NO. The van der Waals surface area contributed by atoms with Crippen LogP contribution in [0.4, 0.5) is 0 Å². The molecule has 2 fully saturated rings. The van der Waals surface area contributed by atoms with Crippen molar-refractivity contribution in [3.63, 3.8) is 0 Å². The summed E-state index contributed by atoms with van der Waals surface area (Å²) in [6.45, 7) is 6.78. The molecule has 0 aromatic heterocycles. The Bertz CT molecular complexity index is 224. The summed E-state index contributed by atoms with van der Waals surface area (Å²) in [5.41, 5.74) is 0.173. The minimum atomic E-state index is 0.173. The summed E-state index contributed by atoms with van der Waals surface area (Å²) in [6, 6.07) is 0. The minimum absolute atomic E-state index is 0.173. The molecule has 106 valence electrons. The Balaban J connectivity index is 1.85. The van der Waals surface area contributed by atoms with E-state index in [1.165, 1.54) is 57.8 Å². The molecule has 0 unspecified atom stereocenters. The third-order valence-corrected chi connectivity index (χ3v) is 4.94. The van der Waals surface area contributed by atoms with Gasteiger partial charge in [-0.05, 0) is 63.8 Å². The van der Waals surface area contributed by atoms with Gasteiger partial charge in [0.15, 0.2) is 0 Å². The van der Waals surface area contributed by atoms with Crippen LogP contribution in [-0.2, 0) is 4.74 Å². The van der Waals surface area contributed by atoms with E-state index in [0.717, 1.165) is 19.0 Å². The van der Waals surface area contributed by atoms with Gasteiger partial charge in [-0.25, -0.2) is 0 Å². The van der Waals surface area contributed by atoms with Crippen LogP contribution < -0.4 is 5.32 Å². The first-order valence-corrected chi connectivity index (χ1v) is 8.16. The zero-order valence-corrected chi connectivity index (χ0v) is 12.3. The molecular weight excluding hydrogens is 222 g/mol. The van der Waals surface area contributed by atoms with E-state index in [2.05, 4.69) is 19.2 Å². The second-order valence-corrected chi connectivity index (χ2v) is 6.38. The van der Waals surface area contributed by atoms with Gasteiger partial charge in [-0.15, -0.1) is 0 Å². The van der Waals surface area contributed by atoms with Crippen molar-refractivity contribution in [2.45, 2.75) is 83.3 Å². The number of nitrogens with one attached hydrogen (secondary N) is 1. The quantitative estimate of drug-likeness (QED) is 0.695. The Morgan fingerprint density at radius 2 is 1.83 bits per heavy atom. The van der Waals surface area contributed by atoms with E-state index < -0.39 is 0 Å². The lowest BCUT2D eigenvalue weighted by Gasteiger charge is -2.44. The molecule has 2 rings (SSSR count). The average molecular weight is 253 g/mol. The maximum Gasteiger partial charge on any atom is 0.0810 e. The van der Waals surface area contributed by atoms with Crippen LogP contribution >= 0.6 is 0 Å². The molecule has 0 atom stereocenters. The first kappa shape index (κ1) is 14.3. The Morgan fingerprint density at radius 1 is 1.11 bits per heavy atom. The Kier molecular flexibility index (Phi) is 5.50. The van der Waals surface area contributed by atoms with Gasteiger partial charge in [-0.3, -0.25) is 0 Å². The van der Waals surface area contributed by atoms with Crippen LogP contribution in [0.15, 0.2) is 0 Å². The highest BCUT2D eigenvalue weighted by Crippen LogP contribution is 2.39. The summed E-state index contributed by atoms with van der Waals surface area (Å²) in [5.74, 6) is 0.953. The predicted octanol–water partition coefficient (Wildman–Crippen LogP) is 3.89. The fourth-order valence-corrected chi connectivity index (χ4v) is 3.28. The molecule has 0 bridgehead atoms. The van der Waals surface area contributed by atoms with E-state index in [0.29, 0.717) is 6.10 Å². The third-order valence-electron chi connectivity index (χ3n) is 4.94. The molecule has 2 aliphatic carbocycles. The van der Waals surface area contributed by atoms with E-state index in [-0.39, 0.29) is 5.60 Å². The van der Waals surface area contributed by atoms with Gasteiger partial charge in [0.25, 0.3) is 0 Å². The van der Waals surface area contributed by atoms with Crippen molar-refractivity contribution in [3.05, 3.63) is 0 Å². The maximum atomic E-state index is 6.49. The van der Waals surface area contributed by atoms with Crippen molar-refractivity contribution >= 4 is 0 Å². The largest absolute Gasteiger partial charge is 0.370 e. The molecule has 1 N–H and O–H groups in total. The van der Waals surface area contributed by atoms with Gasteiger partial charge in [0, 0.05) is 6.54 Å². The molecule has 2 heteroatoms. The van der Waals surface area contributed by atoms with Gasteiger partial charge in [0.2, 0.25) is 0 Å². The van der Waals surface area contributed by atoms with E-state index >= 15 is 0 Å². The molecule has 0 heterocycles. The van der Waals surface area contributed by atoms with Gasteiger partial charge in [0.1, 0.15) is 0 Å². The van der Waals surface area contributed by atoms with Gasteiger partial charge < -0.3 is 10.1 Å². The molecule has 0 spiro atoms. The number of rotatable bonds is 7. The normalized spacial score (nSPS) is 33.3. The topological polar surface area (TPSA) is 21.3 Å². The van der Waals surface area contributed by atoms with E-state index in [4.69, 9.17) is 4.74 Å². The molecule has 0 amide bonds. The molecule has 18 heavy (non-hydrogen) atoms.